The van der Waals surface area contributed by atoms with E-state index in [1.54, 1.807) is 0 Å². The average Bonchev–Trinajstić information content (AvgIpc) is 2.30. The van der Waals surface area contributed by atoms with Gasteiger partial charge in [-0.2, -0.15) is 0 Å². The van der Waals surface area contributed by atoms with Gasteiger partial charge in [-0.15, -0.1) is 0 Å². The molecule has 0 saturated heterocycles. The van der Waals surface area contributed by atoms with Crippen LogP contribution in [0.2, 0.25) is 0 Å². The Morgan fingerprint density at radius 3 is 2.50 bits per heavy atom. The third-order valence-corrected chi connectivity index (χ3v) is 2.38. The topological polar surface area (TPSA) is 0 Å². The molecular formula is C11H12Na. The van der Waals surface area contributed by atoms with Crippen molar-refractivity contribution < 1.29 is 0 Å². The Labute approximate surface area is 96.0 Å². The Morgan fingerprint density at radius 1 is 1.17 bits per heavy atom. The molecule has 0 bridgehead atoms. The molecule has 1 unspecified atom stereocenters. The molecule has 1 atom stereocenters. The third kappa shape index (κ3) is 1.52. The molecule has 0 nitrogen and oxygen atoms in total. The standard InChI is InChI=1S/C11H12.Na/c1-8-7-9(2)11-6-4-3-5-10(8)11;/h3-8H,1-2H3;. The van der Waals surface area contributed by atoms with Gasteiger partial charge < -0.3 is 0 Å². The minimum atomic E-state index is 0. The molecule has 1 aliphatic rings. The fraction of sp³-hybridized carbons (Fsp3) is 0.273. The Kier molecular flexibility index (Phi) is 3.16. The maximum absolute atomic E-state index is 2.32. The normalized spacial score (nSPS) is 19.5. The van der Waals surface area contributed by atoms with Crippen molar-refractivity contribution >= 4 is 35.1 Å². The van der Waals surface area contributed by atoms with Crippen molar-refractivity contribution in [1.29, 1.82) is 0 Å². The predicted octanol–water partition coefficient (Wildman–Crippen LogP) is 2.83. The summed E-state index contributed by atoms with van der Waals surface area (Å²) in [6, 6.07) is 8.63. The van der Waals surface area contributed by atoms with E-state index in [1.807, 2.05) is 0 Å². The quantitative estimate of drug-likeness (QED) is 0.521. The van der Waals surface area contributed by atoms with Gasteiger partial charge in [-0.05, 0) is 23.6 Å². The van der Waals surface area contributed by atoms with Gasteiger partial charge in [0.1, 0.15) is 0 Å². The van der Waals surface area contributed by atoms with Crippen LogP contribution in [0.25, 0.3) is 5.57 Å². The van der Waals surface area contributed by atoms with Gasteiger partial charge in [0.25, 0.3) is 0 Å². The summed E-state index contributed by atoms with van der Waals surface area (Å²) in [6.07, 6.45) is 2.32. The van der Waals surface area contributed by atoms with E-state index < -0.39 is 0 Å². The van der Waals surface area contributed by atoms with Crippen LogP contribution in [0.4, 0.5) is 0 Å². The fourth-order valence-corrected chi connectivity index (χ4v) is 1.81. The third-order valence-electron chi connectivity index (χ3n) is 2.38. The van der Waals surface area contributed by atoms with Crippen molar-refractivity contribution in [2.24, 2.45) is 0 Å². The zero-order valence-electron chi connectivity index (χ0n) is 7.96. The fourth-order valence-electron chi connectivity index (χ4n) is 1.81. The van der Waals surface area contributed by atoms with E-state index in [0.29, 0.717) is 5.92 Å². The molecule has 1 heteroatoms. The number of benzene rings is 1. The predicted molar refractivity (Wildman–Crippen MR) is 54.3 cm³/mol. The molecule has 1 aliphatic carbocycles. The van der Waals surface area contributed by atoms with Gasteiger partial charge >= 0.3 is 0 Å². The van der Waals surface area contributed by atoms with E-state index in [-0.39, 0.29) is 29.6 Å². The minimum absolute atomic E-state index is 0. The van der Waals surface area contributed by atoms with Gasteiger partial charge in [-0.1, -0.05) is 37.3 Å². The van der Waals surface area contributed by atoms with Crippen molar-refractivity contribution in [3.05, 3.63) is 41.5 Å². The van der Waals surface area contributed by atoms with Crippen LogP contribution in [-0.4, -0.2) is 29.6 Å². The molecule has 0 aromatic heterocycles. The molecule has 2 rings (SSSR count). The van der Waals surface area contributed by atoms with Gasteiger partial charge in [0, 0.05) is 35.5 Å². The average molecular weight is 167 g/mol. The second kappa shape index (κ2) is 3.78. The first-order valence-corrected chi connectivity index (χ1v) is 4.07. The molecule has 1 aromatic carbocycles. The summed E-state index contributed by atoms with van der Waals surface area (Å²) >= 11 is 0. The van der Waals surface area contributed by atoms with Crippen LogP contribution < -0.4 is 0 Å². The van der Waals surface area contributed by atoms with Crippen molar-refractivity contribution in [2.45, 2.75) is 19.8 Å². The van der Waals surface area contributed by atoms with Gasteiger partial charge in [-0.25, -0.2) is 0 Å². The second-order valence-electron chi connectivity index (χ2n) is 3.23. The van der Waals surface area contributed by atoms with E-state index in [4.69, 9.17) is 0 Å². The molecule has 1 aromatic rings. The molecule has 57 valence electrons. The van der Waals surface area contributed by atoms with Crippen molar-refractivity contribution in [3.63, 3.8) is 0 Å². The smallest absolute Gasteiger partial charge is 0.000152 e. The van der Waals surface area contributed by atoms with Gasteiger partial charge in [0.05, 0.1) is 0 Å². The summed E-state index contributed by atoms with van der Waals surface area (Å²) in [5.74, 6) is 0.617. The number of rotatable bonds is 0. The molecule has 0 amide bonds. The van der Waals surface area contributed by atoms with E-state index in [0.717, 1.165) is 0 Å². The Bertz CT molecular complexity index is 313. The SMILES string of the molecule is CC1=CC(C)c2ccccc21.[Na]. The first-order chi connectivity index (χ1) is 5.29. The van der Waals surface area contributed by atoms with Crippen LogP contribution in [0.15, 0.2) is 30.3 Å². The summed E-state index contributed by atoms with van der Waals surface area (Å²) in [4.78, 5) is 0. The first-order valence-electron chi connectivity index (χ1n) is 4.07. The maximum atomic E-state index is 2.32. The Balaban J connectivity index is 0.000000720. The summed E-state index contributed by atoms with van der Waals surface area (Å²) in [5.41, 5.74) is 4.33. The van der Waals surface area contributed by atoms with Crippen LogP contribution in [0, 0.1) is 0 Å². The van der Waals surface area contributed by atoms with Crippen molar-refractivity contribution in [3.8, 4) is 0 Å². The monoisotopic (exact) mass is 167 g/mol. The molecule has 12 heavy (non-hydrogen) atoms. The molecule has 0 aliphatic heterocycles. The molecular weight excluding hydrogens is 155 g/mol. The summed E-state index contributed by atoms with van der Waals surface area (Å²) < 4.78 is 0. The van der Waals surface area contributed by atoms with E-state index >= 15 is 0 Å². The maximum Gasteiger partial charge on any atom is 0.000152 e. The number of hydrogen-bond donors (Lipinski definition) is 0. The summed E-state index contributed by atoms with van der Waals surface area (Å²) in [5, 5.41) is 0. The molecule has 1 radical (unpaired) electrons. The van der Waals surface area contributed by atoms with E-state index in [9.17, 15) is 0 Å². The van der Waals surface area contributed by atoms with Crippen LogP contribution in [0.5, 0.6) is 0 Å². The van der Waals surface area contributed by atoms with Crippen molar-refractivity contribution in [1.82, 2.24) is 0 Å². The molecule has 0 fully saturated rings. The molecule has 0 saturated carbocycles. The number of allylic oxidation sites excluding steroid dienone is 2. The molecule has 0 spiro atoms. The summed E-state index contributed by atoms with van der Waals surface area (Å²) in [7, 11) is 0. The van der Waals surface area contributed by atoms with Gasteiger partial charge in [-0.3, -0.25) is 0 Å². The number of fused-ring (bicyclic) bond motifs is 1. The number of hydrogen-bond acceptors (Lipinski definition) is 0. The zero-order chi connectivity index (χ0) is 7.84. The van der Waals surface area contributed by atoms with Crippen molar-refractivity contribution in [2.75, 3.05) is 0 Å². The second-order valence-corrected chi connectivity index (χ2v) is 3.23. The molecule has 0 heterocycles. The Morgan fingerprint density at radius 2 is 1.83 bits per heavy atom. The summed E-state index contributed by atoms with van der Waals surface area (Å²) in [6.45, 7) is 4.43. The zero-order valence-corrected chi connectivity index (χ0v) is 9.96. The van der Waals surface area contributed by atoms with Crippen LogP contribution in [-0.2, 0) is 0 Å². The van der Waals surface area contributed by atoms with Gasteiger partial charge in [0.15, 0.2) is 0 Å². The van der Waals surface area contributed by atoms with E-state index in [1.165, 1.54) is 16.7 Å². The molecule has 0 N–H and O–H groups in total. The first kappa shape index (κ1) is 10.0. The van der Waals surface area contributed by atoms with Crippen LogP contribution in [0.3, 0.4) is 0 Å². The van der Waals surface area contributed by atoms with E-state index in [2.05, 4.69) is 44.2 Å². The van der Waals surface area contributed by atoms with Crippen LogP contribution in [0.1, 0.15) is 30.9 Å². The minimum Gasteiger partial charge on any atom is -0.0737 e. The Hall–Kier alpha value is -0.0400. The largest absolute Gasteiger partial charge is 0.0737 e. The van der Waals surface area contributed by atoms with Crippen LogP contribution >= 0.6 is 0 Å². The van der Waals surface area contributed by atoms with Gasteiger partial charge in [0.2, 0.25) is 0 Å².